The number of carbonyl (C=O) groups is 2. The molecule has 0 spiro atoms. The minimum atomic E-state index is -1.10. The third-order valence-electron chi connectivity index (χ3n) is 5.31. The van der Waals surface area contributed by atoms with Crippen LogP contribution in [-0.2, 0) is 16.6 Å². The van der Waals surface area contributed by atoms with Gasteiger partial charge in [0.05, 0.1) is 23.6 Å². The van der Waals surface area contributed by atoms with Crippen molar-refractivity contribution < 1.29 is 19.1 Å². The topological polar surface area (TPSA) is 91.6 Å². The van der Waals surface area contributed by atoms with Gasteiger partial charge in [-0.15, -0.1) is 0 Å². The number of nitrogens with one attached hydrogen (secondary N) is 1. The second-order valence-electron chi connectivity index (χ2n) is 7.70. The van der Waals surface area contributed by atoms with Crippen LogP contribution >= 0.6 is 0 Å². The van der Waals surface area contributed by atoms with Crippen molar-refractivity contribution in [3.05, 3.63) is 76.2 Å². The van der Waals surface area contributed by atoms with E-state index in [1.807, 2.05) is 18.2 Å². The van der Waals surface area contributed by atoms with Gasteiger partial charge in [0, 0.05) is 7.05 Å². The van der Waals surface area contributed by atoms with E-state index in [9.17, 15) is 14.4 Å². The van der Waals surface area contributed by atoms with Crippen LogP contribution in [-0.4, -0.2) is 34.0 Å². The SMILES string of the molecule is CCCCOc1ccc(C(=O)OC(C)C(=O)Nc2c(C)n(C)n(-c3ccccc3)c2=O)cc1. The highest BCUT2D eigenvalue weighted by atomic mass is 16.5. The third kappa shape index (κ3) is 5.52. The van der Waals surface area contributed by atoms with Gasteiger partial charge in [0.25, 0.3) is 11.5 Å². The molecule has 174 valence electrons. The zero-order chi connectivity index (χ0) is 24.0. The maximum atomic E-state index is 12.9. The molecule has 33 heavy (non-hydrogen) atoms. The van der Waals surface area contributed by atoms with Gasteiger partial charge in [0.15, 0.2) is 6.10 Å². The van der Waals surface area contributed by atoms with Gasteiger partial charge in [0.2, 0.25) is 0 Å². The molecule has 3 aromatic rings. The largest absolute Gasteiger partial charge is 0.494 e. The van der Waals surface area contributed by atoms with Crippen LogP contribution < -0.4 is 15.6 Å². The van der Waals surface area contributed by atoms with Gasteiger partial charge < -0.3 is 14.8 Å². The fraction of sp³-hybridized carbons (Fsp3) is 0.320. The molecule has 1 N–H and O–H groups in total. The minimum absolute atomic E-state index is 0.142. The van der Waals surface area contributed by atoms with Crippen LogP contribution in [0.25, 0.3) is 5.69 Å². The number of amides is 1. The molecule has 0 aliphatic heterocycles. The van der Waals surface area contributed by atoms with Gasteiger partial charge in [-0.3, -0.25) is 14.3 Å². The fourth-order valence-electron chi connectivity index (χ4n) is 3.24. The van der Waals surface area contributed by atoms with Crippen LogP contribution in [0, 0.1) is 6.92 Å². The molecule has 1 heterocycles. The number of esters is 1. The summed E-state index contributed by atoms with van der Waals surface area (Å²) in [7, 11) is 1.73. The van der Waals surface area contributed by atoms with Crippen LogP contribution in [0.2, 0.25) is 0 Å². The molecule has 1 unspecified atom stereocenters. The van der Waals surface area contributed by atoms with E-state index in [0.29, 0.717) is 29.3 Å². The number of carbonyl (C=O) groups excluding carboxylic acids is 2. The molecule has 3 rings (SSSR count). The Labute approximate surface area is 192 Å². The lowest BCUT2D eigenvalue weighted by Crippen LogP contribution is -2.32. The van der Waals surface area contributed by atoms with E-state index >= 15 is 0 Å². The second-order valence-corrected chi connectivity index (χ2v) is 7.70. The number of hydrogen-bond acceptors (Lipinski definition) is 5. The smallest absolute Gasteiger partial charge is 0.338 e. The van der Waals surface area contributed by atoms with Crippen LogP contribution in [0.1, 0.15) is 42.7 Å². The Morgan fingerprint density at radius 1 is 1.06 bits per heavy atom. The Hall–Kier alpha value is -3.81. The number of unbranched alkanes of at least 4 members (excludes halogenated alkanes) is 1. The molecule has 0 aliphatic rings. The van der Waals surface area contributed by atoms with E-state index in [1.165, 1.54) is 11.6 Å². The van der Waals surface area contributed by atoms with Gasteiger partial charge >= 0.3 is 5.97 Å². The molecule has 2 aromatic carbocycles. The maximum Gasteiger partial charge on any atom is 0.338 e. The summed E-state index contributed by atoms with van der Waals surface area (Å²) >= 11 is 0. The monoisotopic (exact) mass is 451 g/mol. The summed E-state index contributed by atoms with van der Waals surface area (Å²) in [5.74, 6) is -0.557. The maximum absolute atomic E-state index is 12.9. The number of benzene rings is 2. The lowest BCUT2D eigenvalue weighted by atomic mass is 10.2. The quantitative estimate of drug-likeness (QED) is 0.394. The van der Waals surface area contributed by atoms with Gasteiger partial charge in [-0.25, -0.2) is 9.48 Å². The van der Waals surface area contributed by atoms with Crippen molar-refractivity contribution in [2.45, 2.75) is 39.7 Å². The molecule has 0 saturated heterocycles. The van der Waals surface area contributed by atoms with Crippen molar-refractivity contribution in [3.63, 3.8) is 0 Å². The Kier molecular flexibility index (Phi) is 7.71. The first kappa shape index (κ1) is 23.8. The normalized spacial score (nSPS) is 11.6. The minimum Gasteiger partial charge on any atom is -0.494 e. The zero-order valence-corrected chi connectivity index (χ0v) is 19.3. The summed E-state index contributed by atoms with van der Waals surface area (Å²) in [6, 6.07) is 15.7. The number of para-hydroxylation sites is 1. The molecule has 8 heteroatoms. The average Bonchev–Trinajstić information content (AvgIpc) is 3.03. The first-order chi connectivity index (χ1) is 15.8. The molecular formula is C25H29N3O5. The number of nitrogens with zero attached hydrogens (tertiary/aromatic N) is 2. The predicted molar refractivity (Wildman–Crippen MR) is 126 cm³/mol. The molecule has 0 aliphatic carbocycles. The summed E-state index contributed by atoms with van der Waals surface area (Å²) in [6.07, 6.45) is 0.892. The van der Waals surface area contributed by atoms with Crippen molar-refractivity contribution in [1.82, 2.24) is 9.36 Å². The van der Waals surface area contributed by atoms with Crippen molar-refractivity contribution >= 4 is 17.6 Å². The highest BCUT2D eigenvalue weighted by molar-refractivity contribution is 5.97. The van der Waals surface area contributed by atoms with Crippen LogP contribution in [0.4, 0.5) is 5.69 Å². The van der Waals surface area contributed by atoms with Gasteiger partial charge in [-0.05, 0) is 56.7 Å². The van der Waals surface area contributed by atoms with E-state index in [4.69, 9.17) is 9.47 Å². The third-order valence-corrected chi connectivity index (χ3v) is 5.31. The summed E-state index contributed by atoms with van der Waals surface area (Å²) in [5.41, 5.74) is 1.33. The number of rotatable bonds is 9. The Morgan fingerprint density at radius 2 is 1.73 bits per heavy atom. The standard InChI is InChI=1S/C25H29N3O5/c1-5-6-16-32-21-14-12-19(13-15-21)25(31)33-18(3)23(29)26-22-17(2)27(4)28(24(22)30)20-10-8-7-9-11-20/h7-15,18H,5-6,16H2,1-4H3,(H,26,29). The van der Waals surface area contributed by atoms with E-state index in [2.05, 4.69) is 12.2 Å². The Bertz CT molecular complexity index is 1160. The molecule has 0 fully saturated rings. The molecule has 0 radical (unpaired) electrons. The van der Waals surface area contributed by atoms with Gasteiger partial charge in [-0.1, -0.05) is 31.5 Å². The summed E-state index contributed by atoms with van der Waals surface area (Å²) < 4.78 is 14.0. The molecular weight excluding hydrogens is 422 g/mol. The lowest BCUT2D eigenvalue weighted by Gasteiger charge is -2.13. The van der Waals surface area contributed by atoms with E-state index in [-0.39, 0.29) is 11.2 Å². The first-order valence-corrected chi connectivity index (χ1v) is 10.9. The van der Waals surface area contributed by atoms with Crippen LogP contribution in [0.5, 0.6) is 5.75 Å². The first-order valence-electron chi connectivity index (χ1n) is 10.9. The van der Waals surface area contributed by atoms with Crippen molar-refractivity contribution in [2.24, 2.45) is 7.05 Å². The van der Waals surface area contributed by atoms with Crippen LogP contribution in [0.3, 0.4) is 0 Å². The highest BCUT2D eigenvalue weighted by Crippen LogP contribution is 2.16. The predicted octanol–water partition coefficient (Wildman–Crippen LogP) is 3.85. The van der Waals surface area contributed by atoms with Crippen molar-refractivity contribution in [1.29, 1.82) is 0 Å². The number of hydrogen-bond donors (Lipinski definition) is 1. The number of aromatic nitrogens is 2. The van der Waals surface area contributed by atoms with Gasteiger partial charge in [0.1, 0.15) is 11.4 Å². The molecule has 1 atom stereocenters. The van der Waals surface area contributed by atoms with E-state index in [1.54, 1.807) is 55.1 Å². The van der Waals surface area contributed by atoms with Crippen molar-refractivity contribution in [2.75, 3.05) is 11.9 Å². The fourth-order valence-corrected chi connectivity index (χ4v) is 3.24. The summed E-state index contributed by atoms with van der Waals surface area (Å²) in [4.78, 5) is 38.1. The second kappa shape index (κ2) is 10.7. The number of ether oxygens (including phenoxy) is 2. The average molecular weight is 452 g/mol. The Morgan fingerprint density at radius 3 is 2.36 bits per heavy atom. The van der Waals surface area contributed by atoms with E-state index < -0.39 is 18.0 Å². The summed E-state index contributed by atoms with van der Waals surface area (Å²) in [6.45, 7) is 5.89. The Balaban J connectivity index is 1.66. The highest BCUT2D eigenvalue weighted by Gasteiger charge is 2.23. The number of anilines is 1. The molecule has 0 saturated carbocycles. The molecule has 8 nitrogen and oxygen atoms in total. The zero-order valence-electron chi connectivity index (χ0n) is 19.3. The molecule has 1 aromatic heterocycles. The van der Waals surface area contributed by atoms with Crippen LogP contribution in [0.15, 0.2) is 59.4 Å². The van der Waals surface area contributed by atoms with Crippen molar-refractivity contribution in [3.8, 4) is 11.4 Å². The van der Waals surface area contributed by atoms with Gasteiger partial charge in [-0.2, -0.15) is 0 Å². The molecule has 1 amide bonds. The molecule has 0 bridgehead atoms. The lowest BCUT2D eigenvalue weighted by molar-refractivity contribution is -0.123. The summed E-state index contributed by atoms with van der Waals surface area (Å²) in [5, 5.41) is 2.61. The van der Waals surface area contributed by atoms with E-state index in [0.717, 1.165) is 12.8 Å².